The third kappa shape index (κ3) is 5.59. The summed E-state index contributed by atoms with van der Waals surface area (Å²) in [5.41, 5.74) is 6.64. The minimum absolute atomic E-state index is 0.177. The summed E-state index contributed by atoms with van der Waals surface area (Å²) < 4.78 is 18.4. The van der Waals surface area contributed by atoms with E-state index < -0.39 is 0 Å². The van der Waals surface area contributed by atoms with Gasteiger partial charge in [-0.15, -0.1) is 0 Å². The Balaban J connectivity index is 1.47. The average molecular weight is 371 g/mol. The maximum atomic E-state index is 12.8. The maximum absolute atomic E-state index is 12.8. The quantitative estimate of drug-likeness (QED) is 0.585. The van der Waals surface area contributed by atoms with Crippen molar-refractivity contribution in [3.63, 3.8) is 0 Å². The lowest BCUT2D eigenvalue weighted by Gasteiger charge is -2.08. The van der Waals surface area contributed by atoms with Crippen molar-refractivity contribution in [2.45, 2.75) is 5.75 Å². The van der Waals surface area contributed by atoms with Gasteiger partial charge < -0.3 is 15.8 Å². The van der Waals surface area contributed by atoms with Gasteiger partial charge >= 0.3 is 0 Å². The van der Waals surface area contributed by atoms with Crippen molar-refractivity contribution >= 4 is 29.3 Å². The predicted molar refractivity (Wildman–Crippen MR) is 102 cm³/mol. The summed E-state index contributed by atoms with van der Waals surface area (Å²) in [4.78, 5) is 12.6. The Hall–Kier alpha value is -2.87. The van der Waals surface area contributed by atoms with E-state index in [1.54, 1.807) is 23.9 Å². The summed E-state index contributed by atoms with van der Waals surface area (Å²) in [6, 6.07) is 15.6. The lowest BCUT2D eigenvalue weighted by molar-refractivity contribution is 0.343. The highest BCUT2D eigenvalue weighted by atomic mass is 32.2. The van der Waals surface area contributed by atoms with Crippen molar-refractivity contribution in [1.29, 1.82) is 0 Å². The zero-order chi connectivity index (χ0) is 18.2. The van der Waals surface area contributed by atoms with Crippen molar-refractivity contribution in [2.75, 3.05) is 23.4 Å². The van der Waals surface area contributed by atoms with Crippen LogP contribution >= 0.6 is 11.8 Å². The van der Waals surface area contributed by atoms with Crippen LogP contribution in [0, 0.1) is 5.82 Å². The van der Waals surface area contributed by atoms with E-state index in [1.807, 2.05) is 30.3 Å². The highest BCUT2D eigenvalue weighted by Gasteiger charge is 2.05. The molecule has 6 nitrogen and oxygen atoms in total. The van der Waals surface area contributed by atoms with Crippen molar-refractivity contribution in [3.8, 4) is 5.75 Å². The molecule has 3 N–H and O–H groups in total. The molecule has 0 saturated heterocycles. The third-order valence-electron chi connectivity index (χ3n) is 3.27. The molecule has 0 aliphatic carbocycles. The van der Waals surface area contributed by atoms with E-state index in [0.29, 0.717) is 29.9 Å². The van der Waals surface area contributed by atoms with Gasteiger partial charge in [-0.05, 0) is 36.4 Å². The van der Waals surface area contributed by atoms with Gasteiger partial charge in [-0.1, -0.05) is 18.2 Å². The molecule has 1 heterocycles. The summed E-state index contributed by atoms with van der Waals surface area (Å²) in [6.07, 6.45) is 0. The molecule has 26 heavy (non-hydrogen) atoms. The fourth-order valence-electron chi connectivity index (χ4n) is 2.12. The third-order valence-corrected chi connectivity index (χ3v) is 4.19. The molecule has 2 aromatic carbocycles. The van der Waals surface area contributed by atoms with Crippen LogP contribution in [-0.2, 0) is 5.75 Å². The van der Waals surface area contributed by atoms with Gasteiger partial charge in [0.1, 0.15) is 17.4 Å². The van der Waals surface area contributed by atoms with Crippen LogP contribution in [0.25, 0.3) is 0 Å². The highest BCUT2D eigenvalue weighted by molar-refractivity contribution is 7.98. The molecule has 8 heteroatoms. The van der Waals surface area contributed by atoms with Crippen LogP contribution in [0.15, 0.2) is 54.6 Å². The average Bonchev–Trinajstić information content (AvgIpc) is 2.63. The van der Waals surface area contributed by atoms with Crippen molar-refractivity contribution < 1.29 is 9.13 Å². The Morgan fingerprint density at radius 1 is 1.00 bits per heavy atom. The smallest absolute Gasteiger partial charge is 0.232 e. The minimum atomic E-state index is -0.279. The van der Waals surface area contributed by atoms with Crippen LogP contribution < -0.4 is 15.8 Å². The normalized spacial score (nSPS) is 10.5. The number of hydrogen-bond acceptors (Lipinski definition) is 7. The Bertz CT molecular complexity index is 833. The zero-order valence-electron chi connectivity index (χ0n) is 13.9. The van der Waals surface area contributed by atoms with E-state index in [4.69, 9.17) is 10.5 Å². The molecule has 0 atom stereocenters. The minimum Gasteiger partial charge on any atom is -0.493 e. The summed E-state index contributed by atoms with van der Waals surface area (Å²) in [7, 11) is 0. The van der Waals surface area contributed by atoms with Crippen LogP contribution in [0.2, 0.25) is 0 Å². The van der Waals surface area contributed by atoms with E-state index in [9.17, 15) is 4.39 Å². The molecule has 0 spiro atoms. The fraction of sp³-hybridized carbons (Fsp3) is 0.167. The van der Waals surface area contributed by atoms with E-state index >= 15 is 0 Å². The van der Waals surface area contributed by atoms with E-state index in [1.165, 1.54) is 12.1 Å². The van der Waals surface area contributed by atoms with Crippen molar-refractivity contribution in [2.24, 2.45) is 0 Å². The molecule has 3 rings (SSSR count). The van der Waals surface area contributed by atoms with Gasteiger partial charge in [-0.3, -0.25) is 0 Å². The molecule has 134 valence electrons. The van der Waals surface area contributed by atoms with Gasteiger partial charge in [0.25, 0.3) is 0 Å². The first kappa shape index (κ1) is 17.9. The first-order chi connectivity index (χ1) is 12.7. The number of ether oxygens (including phenoxy) is 1. The molecule has 0 fully saturated rings. The highest BCUT2D eigenvalue weighted by Crippen LogP contribution is 2.16. The summed E-state index contributed by atoms with van der Waals surface area (Å²) in [6.45, 7) is 0.506. The molecule has 0 radical (unpaired) electrons. The monoisotopic (exact) mass is 371 g/mol. The second-order valence-corrected chi connectivity index (χ2v) is 6.38. The summed E-state index contributed by atoms with van der Waals surface area (Å²) in [5.74, 6) is 2.89. The molecular weight excluding hydrogens is 353 g/mol. The molecule has 0 aliphatic heterocycles. The number of hydrogen-bond donors (Lipinski definition) is 2. The van der Waals surface area contributed by atoms with Gasteiger partial charge in [0.05, 0.1) is 12.4 Å². The number of thioether (sulfide) groups is 1. The SMILES string of the molecule is Nc1nc(CSCCOc2ccc(F)cc2)nc(Nc2ccccc2)n1. The first-order valence-corrected chi connectivity index (χ1v) is 9.13. The van der Waals surface area contributed by atoms with E-state index in [2.05, 4.69) is 20.3 Å². The van der Waals surface area contributed by atoms with Crippen LogP contribution in [0.4, 0.5) is 22.0 Å². The van der Waals surface area contributed by atoms with Gasteiger partial charge in [0, 0.05) is 11.4 Å². The second-order valence-electron chi connectivity index (χ2n) is 5.28. The number of nitrogens with two attached hydrogens (primary N) is 1. The number of nitrogen functional groups attached to an aromatic ring is 1. The maximum Gasteiger partial charge on any atom is 0.232 e. The standard InChI is InChI=1S/C18H18FN5OS/c19-13-6-8-15(9-7-13)25-10-11-26-12-16-22-17(20)24-18(23-16)21-14-4-2-1-3-5-14/h1-9H,10-12H2,(H3,20,21,22,23,24). The number of nitrogens with zero attached hydrogens (tertiary/aromatic N) is 3. The molecule has 0 saturated carbocycles. The van der Waals surface area contributed by atoms with Crippen LogP contribution in [0.3, 0.4) is 0 Å². The number of halogens is 1. The molecule has 3 aromatic rings. The number of anilines is 3. The van der Waals surface area contributed by atoms with Gasteiger partial charge in [-0.25, -0.2) is 4.39 Å². The lowest BCUT2D eigenvalue weighted by atomic mass is 10.3. The molecule has 1 aromatic heterocycles. The van der Waals surface area contributed by atoms with Gasteiger partial charge in [-0.2, -0.15) is 26.7 Å². The Morgan fingerprint density at radius 3 is 2.54 bits per heavy atom. The Kier molecular flexibility index (Phi) is 6.21. The number of para-hydroxylation sites is 1. The molecule has 0 unspecified atom stereocenters. The zero-order valence-corrected chi connectivity index (χ0v) is 14.7. The lowest BCUT2D eigenvalue weighted by Crippen LogP contribution is -2.07. The van der Waals surface area contributed by atoms with Crippen LogP contribution in [0.1, 0.15) is 5.82 Å². The number of nitrogens with one attached hydrogen (secondary N) is 1. The van der Waals surface area contributed by atoms with Gasteiger partial charge in [0.15, 0.2) is 0 Å². The summed E-state index contributed by atoms with van der Waals surface area (Å²) >= 11 is 1.62. The number of aromatic nitrogens is 3. The van der Waals surface area contributed by atoms with Crippen LogP contribution in [-0.4, -0.2) is 27.3 Å². The van der Waals surface area contributed by atoms with Crippen molar-refractivity contribution in [1.82, 2.24) is 15.0 Å². The topological polar surface area (TPSA) is 86.0 Å². The van der Waals surface area contributed by atoms with E-state index in [-0.39, 0.29) is 11.8 Å². The Labute approximate surface area is 155 Å². The van der Waals surface area contributed by atoms with E-state index in [0.717, 1.165) is 11.4 Å². The molecule has 0 bridgehead atoms. The second kappa shape index (κ2) is 9.00. The number of benzene rings is 2. The predicted octanol–water partition coefficient (Wildman–Crippen LogP) is 3.65. The fourth-order valence-corrected chi connectivity index (χ4v) is 2.78. The molecule has 0 aliphatic rings. The van der Waals surface area contributed by atoms with Gasteiger partial charge in [0.2, 0.25) is 11.9 Å². The summed E-state index contributed by atoms with van der Waals surface area (Å²) in [5, 5.41) is 3.11. The molecular formula is C18H18FN5OS. The first-order valence-electron chi connectivity index (χ1n) is 7.98. The largest absolute Gasteiger partial charge is 0.493 e. The Morgan fingerprint density at radius 2 is 1.77 bits per heavy atom. The molecule has 0 amide bonds. The van der Waals surface area contributed by atoms with Crippen molar-refractivity contribution in [3.05, 3.63) is 66.2 Å². The van der Waals surface area contributed by atoms with Crippen LogP contribution in [0.5, 0.6) is 5.75 Å². The number of rotatable bonds is 8.